The van der Waals surface area contributed by atoms with Gasteiger partial charge in [0.2, 0.25) is 0 Å². The maximum Gasteiger partial charge on any atom is 0.387 e. The Morgan fingerprint density at radius 1 is 0.875 bits per heavy atom. The first-order chi connectivity index (χ1) is 7.19. The second-order valence-corrected chi connectivity index (χ2v) is 11.6. The molecular formula is C15H29Al. The van der Waals surface area contributed by atoms with Crippen LogP contribution in [0.15, 0.2) is 0 Å². The standard InChI is InChI=1S/C7H11.2C4H9.Al/c1-3-5-7-6-4-2;2*1-4(2)3;/h3,5-7H2,1H3;2*1-3H3;. The van der Waals surface area contributed by atoms with Crippen molar-refractivity contribution in [3.05, 3.63) is 0 Å². The van der Waals surface area contributed by atoms with Crippen molar-refractivity contribution in [2.45, 2.75) is 82.7 Å². The van der Waals surface area contributed by atoms with Crippen LogP contribution in [0.4, 0.5) is 0 Å². The maximum atomic E-state index is 3.65. The van der Waals surface area contributed by atoms with Crippen molar-refractivity contribution in [1.29, 1.82) is 0 Å². The van der Waals surface area contributed by atoms with Crippen LogP contribution in [-0.4, -0.2) is 14.1 Å². The molecule has 0 aliphatic heterocycles. The molecule has 0 aromatic carbocycles. The second-order valence-electron chi connectivity index (χ2n) is 6.94. The highest BCUT2D eigenvalue weighted by atomic mass is 27.2. The highest BCUT2D eigenvalue weighted by molar-refractivity contribution is 6.73. The van der Waals surface area contributed by atoms with E-state index < -0.39 is 14.1 Å². The van der Waals surface area contributed by atoms with Crippen molar-refractivity contribution in [2.24, 2.45) is 0 Å². The topological polar surface area (TPSA) is 0 Å². The summed E-state index contributed by atoms with van der Waals surface area (Å²) in [5.74, 6) is 3.45. The fraction of sp³-hybridized carbons (Fsp3) is 0.867. The Kier molecular flexibility index (Phi) is 6.78. The van der Waals surface area contributed by atoms with E-state index in [1.807, 2.05) is 0 Å². The van der Waals surface area contributed by atoms with Gasteiger partial charge in [-0.25, -0.2) is 4.78 Å². The number of hydrogen-bond donors (Lipinski definition) is 0. The molecular weight excluding hydrogens is 207 g/mol. The zero-order chi connectivity index (χ0) is 12.8. The highest BCUT2D eigenvalue weighted by Crippen LogP contribution is 2.41. The number of rotatable bonds is 3. The minimum atomic E-state index is -1.02. The Bertz CT molecular complexity index is 227. The van der Waals surface area contributed by atoms with Crippen molar-refractivity contribution < 1.29 is 0 Å². The Labute approximate surface area is 108 Å². The van der Waals surface area contributed by atoms with Gasteiger partial charge in [0.25, 0.3) is 0 Å². The van der Waals surface area contributed by atoms with E-state index in [1.165, 1.54) is 19.3 Å². The van der Waals surface area contributed by atoms with E-state index in [1.54, 1.807) is 0 Å². The van der Waals surface area contributed by atoms with Gasteiger partial charge in [-0.3, -0.25) is 0 Å². The second kappa shape index (κ2) is 6.74. The van der Waals surface area contributed by atoms with Crippen LogP contribution in [0.3, 0.4) is 0 Å². The van der Waals surface area contributed by atoms with Crippen molar-refractivity contribution in [2.75, 3.05) is 0 Å². The summed E-state index contributed by atoms with van der Waals surface area (Å²) in [5, 5.41) is 0. The molecule has 0 fully saturated rings. The normalized spacial score (nSPS) is 11.9. The zero-order valence-corrected chi connectivity index (χ0v) is 13.6. The molecule has 1 heteroatoms. The van der Waals surface area contributed by atoms with Gasteiger partial charge in [-0.1, -0.05) is 69.9 Å². The van der Waals surface area contributed by atoms with Gasteiger partial charge in [-0.15, -0.1) is 5.92 Å². The average Bonchev–Trinajstić information content (AvgIpc) is 2.06. The van der Waals surface area contributed by atoms with Crippen LogP contribution in [0.1, 0.15) is 74.1 Å². The van der Waals surface area contributed by atoms with Crippen LogP contribution in [0.2, 0.25) is 8.55 Å². The lowest BCUT2D eigenvalue weighted by Gasteiger charge is -2.32. The van der Waals surface area contributed by atoms with Crippen molar-refractivity contribution in [3.8, 4) is 10.7 Å². The molecule has 0 atom stereocenters. The van der Waals surface area contributed by atoms with Crippen molar-refractivity contribution >= 4 is 14.1 Å². The number of unbranched alkanes of at least 4 members (excludes halogenated alkanes) is 3. The smallest absolute Gasteiger partial charge is 0.204 e. The Morgan fingerprint density at radius 3 is 1.75 bits per heavy atom. The van der Waals surface area contributed by atoms with Gasteiger partial charge in [0.15, 0.2) is 0 Å². The molecule has 0 saturated carbocycles. The molecule has 0 aromatic rings. The van der Waals surface area contributed by atoms with Crippen molar-refractivity contribution in [3.63, 3.8) is 0 Å². The Morgan fingerprint density at radius 2 is 1.38 bits per heavy atom. The molecule has 0 rings (SSSR count). The summed E-state index contributed by atoms with van der Waals surface area (Å²) in [6.07, 6.45) is 5.00. The molecule has 0 aliphatic carbocycles. The maximum absolute atomic E-state index is 3.65. The first-order valence-electron chi connectivity index (χ1n) is 6.68. The summed E-state index contributed by atoms with van der Waals surface area (Å²) in [6, 6.07) is 0. The fourth-order valence-corrected chi connectivity index (χ4v) is 6.18. The molecule has 0 unspecified atom stereocenters. The summed E-state index contributed by atoms with van der Waals surface area (Å²) < 4.78 is 0.825. The molecule has 0 heterocycles. The third-order valence-electron chi connectivity index (χ3n) is 2.88. The van der Waals surface area contributed by atoms with Crippen LogP contribution in [-0.2, 0) is 0 Å². The lowest BCUT2D eigenvalue weighted by atomic mass is 10.2. The van der Waals surface area contributed by atoms with E-state index >= 15 is 0 Å². The quantitative estimate of drug-likeness (QED) is 0.359. The molecule has 0 amide bonds. The molecule has 0 aliphatic rings. The van der Waals surface area contributed by atoms with Gasteiger partial charge in [-0.05, 0) is 6.42 Å². The average molecular weight is 236 g/mol. The molecule has 0 aromatic heterocycles. The van der Waals surface area contributed by atoms with Gasteiger partial charge in [-0.2, -0.15) is 0 Å². The van der Waals surface area contributed by atoms with Crippen LogP contribution in [0, 0.1) is 10.7 Å². The summed E-state index contributed by atoms with van der Waals surface area (Å²) in [7, 11) is 0. The third-order valence-corrected chi connectivity index (χ3v) is 6.84. The number of hydrogen-bond acceptors (Lipinski definition) is 0. The summed E-state index contributed by atoms with van der Waals surface area (Å²) >= 11 is -1.02. The van der Waals surface area contributed by atoms with Crippen LogP contribution < -0.4 is 0 Å². The van der Waals surface area contributed by atoms with Gasteiger partial charge < -0.3 is 0 Å². The molecule has 0 N–H and O–H groups in total. The third kappa shape index (κ3) is 6.63. The lowest BCUT2D eigenvalue weighted by Crippen LogP contribution is -2.33. The monoisotopic (exact) mass is 236 g/mol. The van der Waals surface area contributed by atoms with E-state index in [0.29, 0.717) is 8.55 Å². The molecule has 92 valence electrons. The van der Waals surface area contributed by atoms with E-state index in [4.69, 9.17) is 0 Å². The molecule has 0 nitrogen and oxygen atoms in total. The van der Waals surface area contributed by atoms with Gasteiger partial charge in [0.05, 0.1) is 0 Å². The minimum absolute atomic E-state index is 0.413. The van der Waals surface area contributed by atoms with Crippen LogP contribution in [0.5, 0.6) is 0 Å². The Hall–Kier alpha value is 0.0925. The fourth-order valence-electron chi connectivity index (χ4n) is 2.37. The van der Waals surface area contributed by atoms with Crippen LogP contribution >= 0.6 is 0 Å². The van der Waals surface area contributed by atoms with E-state index in [-0.39, 0.29) is 0 Å². The molecule has 0 spiro atoms. The van der Waals surface area contributed by atoms with E-state index in [9.17, 15) is 0 Å². The van der Waals surface area contributed by atoms with E-state index in [2.05, 4.69) is 59.2 Å². The predicted molar refractivity (Wildman–Crippen MR) is 77.1 cm³/mol. The molecule has 0 bridgehead atoms. The summed E-state index contributed by atoms with van der Waals surface area (Å²) in [6.45, 7) is 16.4. The largest absolute Gasteiger partial charge is 0.387 e. The SMILES string of the molecule is CCCCCC#[C][Al]([C](C)(C)C)[C](C)(C)C. The zero-order valence-electron chi connectivity index (χ0n) is 12.4. The minimum Gasteiger partial charge on any atom is -0.204 e. The molecule has 0 radical (unpaired) electrons. The van der Waals surface area contributed by atoms with Crippen LogP contribution in [0.25, 0.3) is 0 Å². The van der Waals surface area contributed by atoms with E-state index in [0.717, 1.165) is 6.42 Å². The molecule has 16 heavy (non-hydrogen) atoms. The summed E-state index contributed by atoms with van der Waals surface area (Å²) in [5.41, 5.74) is 0. The first kappa shape index (κ1) is 16.1. The molecule has 0 saturated heterocycles. The predicted octanol–water partition coefficient (Wildman–Crippen LogP) is 5.20. The van der Waals surface area contributed by atoms with Gasteiger partial charge in [0, 0.05) is 6.42 Å². The Balaban J connectivity index is 4.46. The summed E-state index contributed by atoms with van der Waals surface area (Å²) in [4.78, 5) is 3.65. The van der Waals surface area contributed by atoms with Gasteiger partial charge >= 0.3 is 14.1 Å². The lowest BCUT2D eigenvalue weighted by molar-refractivity contribution is 0.654. The highest BCUT2D eigenvalue weighted by Gasteiger charge is 2.40. The first-order valence-corrected chi connectivity index (χ1v) is 8.41. The van der Waals surface area contributed by atoms with Gasteiger partial charge in [0.1, 0.15) is 0 Å². The van der Waals surface area contributed by atoms with Crippen molar-refractivity contribution in [1.82, 2.24) is 0 Å².